The maximum Gasteiger partial charge on any atom is 0.127 e. The zero-order chi connectivity index (χ0) is 14.7. The van der Waals surface area contributed by atoms with Crippen LogP contribution in [0.25, 0.3) is 0 Å². The van der Waals surface area contributed by atoms with Gasteiger partial charge in [-0.2, -0.15) is 0 Å². The second-order valence-electron chi connectivity index (χ2n) is 6.11. The van der Waals surface area contributed by atoms with Crippen molar-refractivity contribution >= 4 is 5.82 Å². The zero-order valence-corrected chi connectivity index (χ0v) is 12.9. The normalized spacial score (nSPS) is 14.5. The minimum absolute atomic E-state index is 0.635. The van der Waals surface area contributed by atoms with Crippen molar-refractivity contribution in [2.45, 2.75) is 57.9 Å². The monoisotopic (exact) mass is 283 g/mol. The van der Waals surface area contributed by atoms with Gasteiger partial charge in [-0.05, 0) is 31.2 Å². The van der Waals surface area contributed by atoms with Crippen LogP contribution >= 0.6 is 0 Å². The highest BCUT2D eigenvalue weighted by atomic mass is 15.1. The average molecular weight is 283 g/mol. The molecule has 0 radical (unpaired) electrons. The smallest absolute Gasteiger partial charge is 0.127 e. The van der Waals surface area contributed by atoms with Gasteiger partial charge in [0.1, 0.15) is 11.6 Å². The maximum atomic E-state index is 6.40. The lowest BCUT2D eigenvalue weighted by Gasteiger charge is -2.09. The van der Waals surface area contributed by atoms with E-state index in [9.17, 15) is 0 Å². The summed E-state index contributed by atoms with van der Waals surface area (Å²) < 4.78 is 2.24. The predicted octanol–water partition coefficient (Wildman–Crippen LogP) is 4.12. The highest BCUT2D eigenvalue weighted by Gasteiger charge is 2.30. The number of imidazole rings is 1. The van der Waals surface area contributed by atoms with Gasteiger partial charge in [0.25, 0.3) is 0 Å². The number of nitrogens with zero attached hydrogens (tertiary/aromatic N) is 2. The molecule has 1 saturated carbocycles. The number of hydrogen-bond acceptors (Lipinski definition) is 2. The summed E-state index contributed by atoms with van der Waals surface area (Å²) in [7, 11) is 0. The Labute approximate surface area is 127 Å². The second-order valence-corrected chi connectivity index (χ2v) is 6.11. The SMILES string of the molecule is CCCCCc1nc(C2CC2)n(Cc2ccccc2)c1N. The minimum Gasteiger partial charge on any atom is -0.384 e. The number of unbranched alkanes of at least 4 members (excludes halogenated alkanes) is 2. The molecule has 0 amide bonds. The average Bonchev–Trinajstić information content (AvgIpc) is 3.30. The van der Waals surface area contributed by atoms with Gasteiger partial charge in [0, 0.05) is 5.92 Å². The molecule has 1 aromatic carbocycles. The number of nitrogen functional groups attached to an aromatic ring is 1. The molecule has 3 heteroatoms. The van der Waals surface area contributed by atoms with E-state index in [2.05, 4.69) is 41.8 Å². The van der Waals surface area contributed by atoms with Crippen molar-refractivity contribution in [3.63, 3.8) is 0 Å². The summed E-state index contributed by atoms with van der Waals surface area (Å²) in [6, 6.07) is 10.5. The van der Waals surface area contributed by atoms with Crippen molar-refractivity contribution in [3.05, 3.63) is 47.4 Å². The fourth-order valence-corrected chi connectivity index (χ4v) is 2.85. The highest BCUT2D eigenvalue weighted by Crippen LogP contribution is 2.41. The molecule has 3 rings (SSSR count). The van der Waals surface area contributed by atoms with Crippen LogP contribution in [0.15, 0.2) is 30.3 Å². The molecule has 1 aliphatic carbocycles. The van der Waals surface area contributed by atoms with E-state index in [1.54, 1.807) is 0 Å². The number of rotatable bonds is 7. The summed E-state index contributed by atoms with van der Waals surface area (Å²) in [4.78, 5) is 4.88. The summed E-state index contributed by atoms with van der Waals surface area (Å²) >= 11 is 0. The third kappa shape index (κ3) is 3.29. The standard InChI is InChI=1S/C18H25N3/c1-2-3-5-10-16-17(19)21(18(20-16)15-11-12-15)13-14-8-6-4-7-9-14/h4,6-9,15H,2-3,5,10-13,19H2,1H3. The third-order valence-corrected chi connectivity index (χ3v) is 4.26. The van der Waals surface area contributed by atoms with Gasteiger partial charge in [-0.3, -0.25) is 0 Å². The molecular formula is C18H25N3. The second kappa shape index (κ2) is 6.33. The quantitative estimate of drug-likeness (QED) is 0.777. The maximum absolute atomic E-state index is 6.40. The lowest BCUT2D eigenvalue weighted by Crippen LogP contribution is -2.08. The van der Waals surface area contributed by atoms with Crippen LogP contribution in [0.3, 0.4) is 0 Å². The Hall–Kier alpha value is -1.77. The van der Waals surface area contributed by atoms with E-state index in [0.29, 0.717) is 5.92 Å². The van der Waals surface area contributed by atoms with Gasteiger partial charge in [-0.1, -0.05) is 50.1 Å². The van der Waals surface area contributed by atoms with Crippen molar-refractivity contribution in [3.8, 4) is 0 Å². The van der Waals surface area contributed by atoms with E-state index in [4.69, 9.17) is 10.7 Å². The first kappa shape index (κ1) is 14.2. The first-order chi connectivity index (χ1) is 10.3. The van der Waals surface area contributed by atoms with Crippen molar-refractivity contribution < 1.29 is 0 Å². The Morgan fingerprint density at radius 3 is 2.62 bits per heavy atom. The molecule has 0 bridgehead atoms. The Balaban J connectivity index is 1.83. The molecule has 1 aromatic heterocycles. The van der Waals surface area contributed by atoms with Gasteiger partial charge in [0.15, 0.2) is 0 Å². The molecule has 0 aliphatic heterocycles. The lowest BCUT2D eigenvalue weighted by molar-refractivity contribution is 0.709. The molecule has 1 heterocycles. The molecule has 21 heavy (non-hydrogen) atoms. The summed E-state index contributed by atoms with van der Waals surface area (Å²) in [6.07, 6.45) is 7.22. The van der Waals surface area contributed by atoms with Crippen LogP contribution in [0.1, 0.15) is 62.0 Å². The van der Waals surface area contributed by atoms with Gasteiger partial charge in [-0.15, -0.1) is 0 Å². The van der Waals surface area contributed by atoms with E-state index in [1.165, 1.54) is 43.5 Å². The number of nitrogens with two attached hydrogens (primary N) is 1. The molecule has 1 aliphatic rings. The first-order valence-electron chi connectivity index (χ1n) is 8.18. The molecule has 1 fully saturated rings. The number of anilines is 1. The Morgan fingerprint density at radius 1 is 1.19 bits per heavy atom. The van der Waals surface area contributed by atoms with Crippen LogP contribution in [-0.4, -0.2) is 9.55 Å². The molecule has 0 saturated heterocycles. The molecule has 0 atom stereocenters. The molecular weight excluding hydrogens is 258 g/mol. The van der Waals surface area contributed by atoms with Gasteiger partial charge >= 0.3 is 0 Å². The van der Waals surface area contributed by atoms with Crippen molar-refractivity contribution in [1.29, 1.82) is 0 Å². The Bertz CT molecular complexity index is 582. The van der Waals surface area contributed by atoms with E-state index >= 15 is 0 Å². The van der Waals surface area contributed by atoms with E-state index in [0.717, 1.165) is 24.5 Å². The summed E-state index contributed by atoms with van der Waals surface area (Å²) in [6.45, 7) is 3.08. The topological polar surface area (TPSA) is 43.8 Å². The van der Waals surface area contributed by atoms with E-state index in [-0.39, 0.29) is 0 Å². The zero-order valence-electron chi connectivity index (χ0n) is 12.9. The van der Waals surface area contributed by atoms with Crippen LogP contribution in [-0.2, 0) is 13.0 Å². The van der Waals surface area contributed by atoms with Crippen molar-refractivity contribution in [1.82, 2.24) is 9.55 Å². The number of hydrogen-bond donors (Lipinski definition) is 1. The molecule has 0 unspecified atom stereocenters. The first-order valence-corrected chi connectivity index (χ1v) is 8.18. The van der Waals surface area contributed by atoms with Crippen LogP contribution in [0.4, 0.5) is 5.82 Å². The van der Waals surface area contributed by atoms with Crippen LogP contribution < -0.4 is 5.73 Å². The minimum atomic E-state index is 0.635. The van der Waals surface area contributed by atoms with Crippen LogP contribution in [0.5, 0.6) is 0 Å². The fraction of sp³-hybridized carbons (Fsp3) is 0.500. The molecule has 3 nitrogen and oxygen atoms in total. The molecule has 0 spiro atoms. The van der Waals surface area contributed by atoms with Gasteiger partial charge < -0.3 is 10.3 Å². The van der Waals surface area contributed by atoms with Gasteiger partial charge in [0.2, 0.25) is 0 Å². The Kier molecular flexibility index (Phi) is 4.28. The third-order valence-electron chi connectivity index (χ3n) is 4.26. The van der Waals surface area contributed by atoms with Gasteiger partial charge in [0.05, 0.1) is 12.2 Å². The molecule has 2 N–H and O–H groups in total. The van der Waals surface area contributed by atoms with Crippen molar-refractivity contribution in [2.75, 3.05) is 5.73 Å². The summed E-state index contributed by atoms with van der Waals surface area (Å²) in [5.74, 6) is 2.73. The van der Waals surface area contributed by atoms with E-state index in [1.807, 2.05) is 0 Å². The van der Waals surface area contributed by atoms with Crippen LogP contribution in [0.2, 0.25) is 0 Å². The number of benzene rings is 1. The molecule has 112 valence electrons. The Morgan fingerprint density at radius 2 is 1.95 bits per heavy atom. The highest BCUT2D eigenvalue weighted by molar-refractivity contribution is 5.41. The molecule has 2 aromatic rings. The number of aromatic nitrogens is 2. The summed E-state index contributed by atoms with van der Waals surface area (Å²) in [5, 5.41) is 0. The largest absolute Gasteiger partial charge is 0.384 e. The van der Waals surface area contributed by atoms with Gasteiger partial charge in [-0.25, -0.2) is 4.98 Å². The van der Waals surface area contributed by atoms with Crippen LogP contribution in [0, 0.1) is 0 Å². The van der Waals surface area contributed by atoms with Crippen molar-refractivity contribution in [2.24, 2.45) is 0 Å². The predicted molar refractivity (Wildman–Crippen MR) is 87.4 cm³/mol. The summed E-state index contributed by atoms with van der Waals surface area (Å²) in [5.41, 5.74) is 8.81. The number of aryl methyl sites for hydroxylation is 1. The fourth-order valence-electron chi connectivity index (χ4n) is 2.85. The lowest BCUT2D eigenvalue weighted by atomic mass is 10.1. The van der Waals surface area contributed by atoms with E-state index < -0.39 is 0 Å².